The van der Waals surface area contributed by atoms with Crippen molar-refractivity contribution in [3.63, 3.8) is 0 Å². The summed E-state index contributed by atoms with van der Waals surface area (Å²) in [6.07, 6.45) is 0. The van der Waals surface area contributed by atoms with Gasteiger partial charge in [-0.2, -0.15) is 0 Å². The van der Waals surface area contributed by atoms with Crippen molar-refractivity contribution in [2.75, 3.05) is 5.38 Å². The molecule has 96 valence electrons. The maximum Gasteiger partial charge on any atom is 0.276 e. The maximum absolute atomic E-state index is 5.93. The van der Waals surface area contributed by atoms with Crippen LogP contribution in [-0.2, 0) is 0 Å². The highest BCUT2D eigenvalue weighted by Crippen LogP contribution is 2.26. The molecule has 0 radical (unpaired) electrons. The third kappa shape index (κ3) is 3.86. The molecule has 18 heavy (non-hydrogen) atoms. The molecule has 0 N–H and O–H groups in total. The smallest absolute Gasteiger partial charge is 0.276 e. The minimum Gasteiger partial charge on any atom is -0.411 e. The van der Waals surface area contributed by atoms with E-state index in [0.29, 0.717) is 16.1 Å². The first kappa shape index (κ1) is 13.6. The quantitative estimate of drug-likeness (QED) is 0.621. The number of hydrogen-bond donors (Lipinski definition) is 0. The molecule has 2 aromatic rings. The lowest BCUT2D eigenvalue weighted by Gasteiger charge is -2.12. The Kier molecular flexibility index (Phi) is 4.14. The predicted molar refractivity (Wildman–Crippen MR) is 78.8 cm³/mol. The molecule has 0 fully saturated rings. The van der Waals surface area contributed by atoms with Crippen LogP contribution < -0.4 is 0 Å². The molecule has 0 unspecified atom stereocenters. The number of thioether (sulfide) groups is 1. The monoisotopic (exact) mass is 298 g/mol. The Morgan fingerprint density at radius 1 is 1.28 bits per heavy atom. The Balaban J connectivity index is 2.11. The minimum absolute atomic E-state index is 0.524. The first-order valence-corrected chi connectivity index (χ1v) is 10.7. The summed E-state index contributed by atoms with van der Waals surface area (Å²) >= 11 is 7.57. The normalized spacial score (nSPS) is 11.8. The summed E-state index contributed by atoms with van der Waals surface area (Å²) in [5.74, 6) is 0.524. The highest BCUT2D eigenvalue weighted by Gasteiger charge is 2.16. The van der Waals surface area contributed by atoms with Crippen LogP contribution in [0.4, 0.5) is 0 Å². The maximum atomic E-state index is 5.93. The summed E-state index contributed by atoms with van der Waals surface area (Å²) in [6.45, 7) is 6.94. The molecule has 2 rings (SSSR count). The van der Waals surface area contributed by atoms with Crippen molar-refractivity contribution >= 4 is 31.4 Å². The SMILES string of the molecule is C[Si](C)(C)CSc1nnc(-c2cccc(Cl)c2)o1. The van der Waals surface area contributed by atoms with E-state index in [2.05, 4.69) is 29.8 Å². The molecular weight excluding hydrogens is 284 g/mol. The average molecular weight is 299 g/mol. The van der Waals surface area contributed by atoms with E-state index >= 15 is 0 Å². The van der Waals surface area contributed by atoms with Gasteiger partial charge in [0.25, 0.3) is 5.22 Å². The van der Waals surface area contributed by atoms with Crippen LogP contribution >= 0.6 is 23.4 Å². The van der Waals surface area contributed by atoms with Gasteiger partial charge in [0.05, 0.1) is 8.07 Å². The van der Waals surface area contributed by atoms with Gasteiger partial charge in [0.1, 0.15) is 0 Å². The summed E-state index contributed by atoms with van der Waals surface area (Å²) < 4.78 is 5.62. The van der Waals surface area contributed by atoms with Crippen molar-refractivity contribution in [1.29, 1.82) is 0 Å². The van der Waals surface area contributed by atoms with Crippen molar-refractivity contribution in [3.05, 3.63) is 29.3 Å². The van der Waals surface area contributed by atoms with Crippen molar-refractivity contribution < 1.29 is 4.42 Å². The van der Waals surface area contributed by atoms with E-state index in [4.69, 9.17) is 16.0 Å². The van der Waals surface area contributed by atoms with Crippen LogP contribution in [0.3, 0.4) is 0 Å². The molecule has 0 aliphatic heterocycles. The molecule has 1 aromatic carbocycles. The second-order valence-electron chi connectivity index (χ2n) is 5.23. The lowest BCUT2D eigenvalue weighted by molar-refractivity contribution is 0.466. The van der Waals surface area contributed by atoms with Crippen LogP contribution in [0.2, 0.25) is 24.7 Å². The summed E-state index contributed by atoms with van der Waals surface area (Å²) in [7, 11) is -1.10. The van der Waals surface area contributed by atoms with Crippen LogP contribution in [0, 0.1) is 0 Å². The summed E-state index contributed by atoms with van der Waals surface area (Å²) in [4.78, 5) is 0. The molecule has 6 heteroatoms. The molecule has 1 aromatic heterocycles. The number of hydrogen-bond acceptors (Lipinski definition) is 4. The zero-order valence-electron chi connectivity index (χ0n) is 10.6. The molecule has 0 spiro atoms. The molecule has 1 heterocycles. The van der Waals surface area contributed by atoms with Crippen LogP contribution in [0.1, 0.15) is 0 Å². The summed E-state index contributed by atoms with van der Waals surface area (Å²) in [5.41, 5.74) is 0.856. The molecule has 0 saturated heterocycles. The van der Waals surface area contributed by atoms with Gasteiger partial charge in [0.2, 0.25) is 5.89 Å². The molecule has 0 amide bonds. The Bertz CT molecular complexity index is 539. The summed E-state index contributed by atoms with van der Waals surface area (Å²) in [5, 5.41) is 10.5. The average Bonchev–Trinajstić information content (AvgIpc) is 2.74. The van der Waals surface area contributed by atoms with E-state index in [0.717, 1.165) is 10.9 Å². The van der Waals surface area contributed by atoms with E-state index < -0.39 is 8.07 Å². The zero-order chi connectivity index (χ0) is 13.2. The number of aromatic nitrogens is 2. The molecular formula is C12H15ClN2OSSi. The fourth-order valence-electron chi connectivity index (χ4n) is 1.28. The molecule has 0 bridgehead atoms. The highest BCUT2D eigenvalue weighted by atomic mass is 35.5. The van der Waals surface area contributed by atoms with Gasteiger partial charge in [-0.25, -0.2) is 0 Å². The van der Waals surface area contributed by atoms with Gasteiger partial charge in [-0.3, -0.25) is 0 Å². The standard InChI is InChI=1S/C12H15ClN2OSSi/c1-18(2,3)8-17-12-15-14-11(16-12)9-5-4-6-10(13)7-9/h4-7H,8H2,1-3H3. The van der Waals surface area contributed by atoms with Crippen molar-refractivity contribution in [3.8, 4) is 11.5 Å². The van der Waals surface area contributed by atoms with Crippen LogP contribution in [0.15, 0.2) is 33.9 Å². The first-order chi connectivity index (χ1) is 8.44. The van der Waals surface area contributed by atoms with Crippen LogP contribution in [0.5, 0.6) is 0 Å². The van der Waals surface area contributed by atoms with Gasteiger partial charge >= 0.3 is 0 Å². The Morgan fingerprint density at radius 3 is 2.72 bits per heavy atom. The lowest BCUT2D eigenvalue weighted by Crippen LogP contribution is -2.23. The topological polar surface area (TPSA) is 38.9 Å². The molecule has 0 atom stereocenters. The lowest BCUT2D eigenvalue weighted by atomic mass is 10.2. The van der Waals surface area contributed by atoms with Crippen molar-refractivity contribution in [2.24, 2.45) is 0 Å². The zero-order valence-corrected chi connectivity index (χ0v) is 13.2. The summed E-state index contributed by atoms with van der Waals surface area (Å²) in [6, 6.07) is 7.42. The number of halogens is 1. The molecule has 0 saturated carbocycles. The Morgan fingerprint density at radius 2 is 2.06 bits per heavy atom. The second-order valence-corrected chi connectivity index (χ2v) is 12.6. The minimum atomic E-state index is -1.10. The van der Waals surface area contributed by atoms with Gasteiger partial charge in [-0.05, 0) is 23.6 Å². The van der Waals surface area contributed by atoms with Gasteiger partial charge in [0.15, 0.2) is 0 Å². The van der Waals surface area contributed by atoms with E-state index in [9.17, 15) is 0 Å². The van der Waals surface area contributed by atoms with Gasteiger partial charge in [-0.15, -0.1) is 10.2 Å². The van der Waals surface area contributed by atoms with E-state index in [1.165, 1.54) is 0 Å². The fourth-order valence-corrected chi connectivity index (χ4v) is 3.94. The third-order valence-corrected chi connectivity index (χ3v) is 6.80. The predicted octanol–water partition coefficient (Wildman–Crippen LogP) is 4.36. The number of rotatable bonds is 4. The Labute approximate surface area is 117 Å². The largest absolute Gasteiger partial charge is 0.411 e. The number of benzene rings is 1. The van der Waals surface area contributed by atoms with E-state index in [1.807, 2.05) is 24.3 Å². The molecule has 0 aliphatic carbocycles. The van der Waals surface area contributed by atoms with E-state index in [-0.39, 0.29) is 0 Å². The fraction of sp³-hybridized carbons (Fsp3) is 0.333. The van der Waals surface area contributed by atoms with E-state index in [1.54, 1.807) is 11.8 Å². The van der Waals surface area contributed by atoms with Crippen LogP contribution in [-0.4, -0.2) is 23.6 Å². The van der Waals surface area contributed by atoms with Crippen molar-refractivity contribution in [2.45, 2.75) is 24.9 Å². The Hall–Kier alpha value is -0.783. The first-order valence-electron chi connectivity index (χ1n) is 5.66. The molecule has 3 nitrogen and oxygen atoms in total. The van der Waals surface area contributed by atoms with Gasteiger partial charge < -0.3 is 4.42 Å². The van der Waals surface area contributed by atoms with Gasteiger partial charge in [0, 0.05) is 10.6 Å². The van der Waals surface area contributed by atoms with Crippen LogP contribution in [0.25, 0.3) is 11.5 Å². The van der Waals surface area contributed by atoms with Crippen molar-refractivity contribution in [1.82, 2.24) is 10.2 Å². The number of nitrogens with zero attached hydrogens (tertiary/aromatic N) is 2. The van der Waals surface area contributed by atoms with Gasteiger partial charge in [-0.1, -0.05) is 49.1 Å². The second kappa shape index (κ2) is 5.46. The third-order valence-electron chi connectivity index (χ3n) is 2.11. The molecule has 0 aliphatic rings. The highest BCUT2D eigenvalue weighted by molar-refractivity contribution is 8.00.